The van der Waals surface area contributed by atoms with Crippen LogP contribution in [-0.2, 0) is 0 Å². The van der Waals surface area contributed by atoms with Crippen molar-refractivity contribution in [3.63, 3.8) is 0 Å². The third-order valence-corrected chi connectivity index (χ3v) is 3.46. The van der Waals surface area contributed by atoms with E-state index in [4.69, 9.17) is 0 Å². The highest BCUT2D eigenvalue weighted by Gasteiger charge is 2.25. The van der Waals surface area contributed by atoms with E-state index in [2.05, 4.69) is 54.5 Å². The Labute approximate surface area is 92.3 Å². The lowest BCUT2D eigenvalue weighted by atomic mass is 10.1. The normalized spacial score (nSPS) is 24.3. The van der Waals surface area contributed by atoms with Crippen LogP contribution in [0, 0.1) is 0 Å². The molecule has 15 heavy (non-hydrogen) atoms. The van der Waals surface area contributed by atoms with Crippen molar-refractivity contribution in [2.45, 2.75) is 25.4 Å². The fraction of sp³-hybridized carbons (Fsp3) is 0.538. The van der Waals surface area contributed by atoms with Crippen LogP contribution in [0.15, 0.2) is 30.3 Å². The Bertz CT molecular complexity index is 297. The summed E-state index contributed by atoms with van der Waals surface area (Å²) in [6.45, 7) is 4.68. The maximum atomic E-state index is 3.36. The summed E-state index contributed by atoms with van der Waals surface area (Å²) < 4.78 is 0. The molecule has 1 saturated heterocycles. The first-order valence-electron chi connectivity index (χ1n) is 5.77. The highest BCUT2D eigenvalue weighted by Crippen LogP contribution is 2.24. The predicted octanol–water partition coefficient (Wildman–Crippen LogP) is 2.04. The highest BCUT2D eigenvalue weighted by atomic mass is 15.2. The molecule has 0 aromatic heterocycles. The van der Waals surface area contributed by atoms with E-state index in [-0.39, 0.29) is 0 Å². The molecular weight excluding hydrogens is 184 g/mol. The largest absolute Gasteiger partial charge is 0.316 e. The Morgan fingerprint density at radius 2 is 2.07 bits per heavy atom. The van der Waals surface area contributed by atoms with Gasteiger partial charge >= 0.3 is 0 Å². The molecule has 1 N–H and O–H groups in total. The molecule has 0 spiro atoms. The molecule has 2 nitrogen and oxygen atoms in total. The van der Waals surface area contributed by atoms with Crippen LogP contribution in [0.25, 0.3) is 0 Å². The van der Waals surface area contributed by atoms with E-state index in [1.807, 2.05) is 0 Å². The van der Waals surface area contributed by atoms with Crippen molar-refractivity contribution >= 4 is 0 Å². The number of hydrogen-bond donors (Lipinski definition) is 1. The quantitative estimate of drug-likeness (QED) is 0.810. The molecular formula is C13H20N2. The predicted molar refractivity (Wildman–Crippen MR) is 63.9 cm³/mol. The fourth-order valence-electron chi connectivity index (χ4n) is 2.32. The molecule has 1 aromatic carbocycles. The zero-order chi connectivity index (χ0) is 10.7. The number of nitrogens with zero attached hydrogens (tertiary/aromatic N) is 1. The SMILES string of the molecule is CN[C@H]1CCN([C@@H](C)c2ccccc2)C1. The van der Waals surface area contributed by atoms with E-state index in [9.17, 15) is 0 Å². The highest BCUT2D eigenvalue weighted by molar-refractivity contribution is 5.18. The molecule has 0 aliphatic carbocycles. The molecule has 0 unspecified atom stereocenters. The number of likely N-dealkylation sites (tertiary alicyclic amines) is 1. The van der Waals surface area contributed by atoms with Crippen molar-refractivity contribution < 1.29 is 0 Å². The minimum absolute atomic E-state index is 0.546. The molecule has 0 radical (unpaired) electrons. The van der Waals surface area contributed by atoms with Crippen LogP contribution >= 0.6 is 0 Å². The van der Waals surface area contributed by atoms with Gasteiger partial charge in [-0.3, -0.25) is 4.90 Å². The Morgan fingerprint density at radius 3 is 2.67 bits per heavy atom. The van der Waals surface area contributed by atoms with Crippen LogP contribution in [0.4, 0.5) is 0 Å². The van der Waals surface area contributed by atoms with Crippen LogP contribution in [0.3, 0.4) is 0 Å². The third kappa shape index (κ3) is 2.39. The van der Waals surface area contributed by atoms with Gasteiger partial charge in [0.2, 0.25) is 0 Å². The first kappa shape index (κ1) is 10.7. The van der Waals surface area contributed by atoms with E-state index in [0.717, 1.165) is 0 Å². The Kier molecular flexibility index (Phi) is 3.39. The Balaban J connectivity index is 2.00. The van der Waals surface area contributed by atoms with Gasteiger partial charge in [-0.2, -0.15) is 0 Å². The first-order valence-corrected chi connectivity index (χ1v) is 5.77. The van der Waals surface area contributed by atoms with Crippen LogP contribution in [0.1, 0.15) is 24.9 Å². The summed E-state index contributed by atoms with van der Waals surface area (Å²) >= 11 is 0. The lowest BCUT2D eigenvalue weighted by Gasteiger charge is -2.24. The molecule has 1 aromatic rings. The maximum absolute atomic E-state index is 3.36. The Morgan fingerprint density at radius 1 is 1.33 bits per heavy atom. The molecule has 1 fully saturated rings. The second kappa shape index (κ2) is 4.77. The zero-order valence-electron chi connectivity index (χ0n) is 9.61. The standard InChI is InChI=1S/C13H20N2/c1-11(12-6-4-3-5-7-12)15-9-8-13(10-15)14-2/h3-7,11,13-14H,8-10H2,1-2H3/t11-,13-/m0/s1. The summed E-state index contributed by atoms with van der Waals surface area (Å²) in [4.78, 5) is 2.55. The molecule has 0 amide bonds. The molecule has 2 heteroatoms. The third-order valence-electron chi connectivity index (χ3n) is 3.46. The summed E-state index contributed by atoms with van der Waals surface area (Å²) in [5, 5.41) is 3.36. The summed E-state index contributed by atoms with van der Waals surface area (Å²) in [6, 6.07) is 12.0. The molecule has 2 atom stereocenters. The summed E-state index contributed by atoms with van der Waals surface area (Å²) in [7, 11) is 2.06. The lowest BCUT2D eigenvalue weighted by Crippen LogP contribution is -2.31. The van der Waals surface area contributed by atoms with Crippen LogP contribution in [-0.4, -0.2) is 31.1 Å². The number of nitrogens with one attached hydrogen (secondary N) is 1. The minimum Gasteiger partial charge on any atom is -0.316 e. The van der Waals surface area contributed by atoms with E-state index < -0.39 is 0 Å². The van der Waals surface area contributed by atoms with Crippen molar-refractivity contribution in [3.8, 4) is 0 Å². The molecule has 2 rings (SSSR count). The average Bonchev–Trinajstić information content (AvgIpc) is 2.78. The number of likely N-dealkylation sites (N-methyl/N-ethyl adjacent to an activating group) is 1. The second-order valence-electron chi connectivity index (χ2n) is 4.36. The van der Waals surface area contributed by atoms with Crippen LogP contribution < -0.4 is 5.32 Å². The monoisotopic (exact) mass is 204 g/mol. The van der Waals surface area contributed by atoms with Gasteiger partial charge in [0.15, 0.2) is 0 Å². The van der Waals surface area contributed by atoms with Gasteiger partial charge in [-0.25, -0.2) is 0 Å². The lowest BCUT2D eigenvalue weighted by molar-refractivity contribution is 0.257. The van der Waals surface area contributed by atoms with Gasteiger partial charge in [0.1, 0.15) is 0 Å². The minimum atomic E-state index is 0.546. The van der Waals surface area contributed by atoms with Gasteiger partial charge in [-0.05, 0) is 26.0 Å². The smallest absolute Gasteiger partial charge is 0.0320 e. The van der Waals surface area contributed by atoms with E-state index in [0.29, 0.717) is 12.1 Å². The van der Waals surface area contributed by atoms with Gasteiger partial charge in [0, 0.05) is 25.2 Å². The zero-order valence-corrected chi connectivity index (χ0v) is 9.61. The fourth-order valence-corrected chi connectivity index (χ4v) is 2.32. The van der Waals surface area contributed by atoms with E-state index >= 15 is 0 Å². The molecule has 1 aliphatic rings. The van der Waals surface area contributed by atoms with Gasteiger partial charge in [0.25, 0.3) is 0 Å². The number of rotatable bonds is 3. The molecule has 0 bridgehead atoms. The van der Waals surface area contributed by atoms with Crippen molar-refractivity contribution in [1.29, 1.82) is 0 Å². The number of benzene rings is 1. The maximum Gasteiger partial charge on any atom is 0.0320 e. The average molecular weight is 204 g/mol. The van der Waals surface area contributed by atoms with Crippen molar-refractivity contribution in [3.05, 3.63) is 35.9 Å². The molecule has 1 aliphatic heterocycles. The van der Waals surface area contributed by atoms with Crippen molar-refractivity contribution in [2.24, 2.45) is 0 Å². The van der Waals surface area contributed by atoms with Crippen LogP contribution in [0.2, 0.25) is 0 Å². The number of hydrogen-bond acceptors (Lipinski definition) is 2. The van der Waals surface area contributed by atoms with Crippen LogP contribution in [0.5, 0.6) is 0 Å². The van der Waals surface area contributed by atoms with Crippen molar-refractivity contribution in [2.75, 3.05) is 20.1 Å². The second-order valence-corrected chi connectivity index (χ2v) is 4.36. The van der Waals surface area contributed by atoms with E-state index in [1.165, 1.54) is 25.1 Å². The Hall–Kier alpha value is -0.860. The summed E-state index contributed by atoms with van der Waals surface area (Å²) in [6.07, 6.45) is 1.27. The van der Waals surface area contributed by atoms with Gasteiger partial charge in [-0.1, -0.05) is 30.3 Å². The summed E-state index contributed by atoms with van der Waals surface area (Å²) in [5.41, 5.74) is 1.43. The molecule has 1 heterocycles. The van der Waals surface area contributed by atoms with Gasteiger partial charge in [-0.15, -0.1) is 0 Å². The summed E-state index contributed by atoms with van der Waals surface area (Å²) in [5.74, 6) is 0. The van der Waals surface area contributed by atoms with E-state index in [1.54, 1.807) is 0 Å². The topological polar surface area (TPSA) is 15.3 Å². The first-order chi connectivity index (χ1) is 7.31. The van der Waals surface area contributed by atoms with Gasteiger partial charge < -0.3 is 5.32 Å². The van der Waals surface area contributed by atoms with Crippen molar-refractivity contribution in [1.82, 2.24) is 10.2 Å². The molecule has 82 valence electrons. The van der Waals surface area contributed by atoms with Gasteiger partial charge in [0.05, 0.1) is 0 Å². The molecule has 0 saturated carbocycles.